The van der Waals surface area contributed by atoms with Gasteiger partial charge in [-0.1, -0.05) is 11.6 Å². The molecular weight excluding hydrogens is 364 g/mol. The van der Waals surface area contributed by atoms with Crippen LogP contribution >= 0.6 is 11.6 Å². The number of nitro groups is 1. The lowest BCUT2D eigenvalue weighted by molar-refractivity contribution is -0.385. The van der Waals surface area contributed by atoms with E-state index < -0.39 is 22.9 Å². The monoisotopic (exact) mass is 378 g/mol. The van der Waals surface area contributed by atoms with Crippen molar-refractivity contribution in [3.8, 4) is 5.75 Å². The first-order chi connectivity index (χ1) is 12.3. The molecule has 9 heteroatoms. The fourth-order valence-corrected chi connectivity index (χ4v) is 2.14. The summed E-state index contributed by atoms with van der Waals surface area (Å²) in [6, 6.07) is 10.0. The van der Waals surface area contributed by atoms with Crippen molar-refractivity contribution >= 4 is 34.9 Å². The van der Waals surface area contributed by atoms with Gasteiger partial charge in [0.15, 0.2) is 11.9 Å². The molecule has 0 saturated carbocycles. The number of methoxy groups -OCH3 is 1. The number of hydrogen-bond donors (Lipinski definition) is 1. The topological polar surface area (TPSA) is 108 Å². The lowest BCUT2D eigenvalue weighted by atomic mass is 10.2. The smallest absolute Gasteiger partial charge is 0.339 e. The van der Waals surface area contributed by atoms with Crippen LogP contribution in [0.2, 0.25) is 5.02 Å². The fraction of sp³-hybridized carbons (Fsp3) is 0.176. The molecule has 1 unspecified atom stereocenters. The third kappa shape index (κ3) is 4.70. The molecule has 1 N–H and O–H groups in total. The minimum Gasteiger partial charge on any atom is -0.490 e. The summed E-state index contributed by atoms with van der Waals surface area (Å²) < 4.78 is 9.93. The van der Waals surface area contributed by atoms with E-state index >= 15 is 0 Å². The maximum Gasteiger partial charge on any atom is 0.339 e. The Morgan fingerprint density at radius 3 is 2.42 bits per heavy atom. The minimum atomic E-state index is -1.11. The van der Waals surface area contributed by atoms with E-state index in [1.807, 2.05) is 0 Å². The summed E-state index contributed by atoms with van der Waals surface area (Å²) >= 11 is 5.77. The number of hydrogen-bond acceptors (Lipinski definition) is 6. The molecule has 0 aliphatic heterocycles. The van der Waals surface area contributed by atoms with Crippen molar-refractivity contribution < 1.29 is 24.0 Å². The van der Waals surface area contributed by atoms with Crippen molar-refractivity contribution in [2.45, 2.75) is 13.0 Å². The molecule has 0 saturated heterocycles. The summed E-state index contributed by atoms with van der Waals surface area (Å²) in [5, 5.41) is 14.1. The number of carbonyl (C=O) groups excluding carboxylic acids is 2. The normalized spacial score (nSPS) is 11.3. The van der Waals surface area contributed by atoms with E-state index in [4.69, 9.17) is 21.1 Å². The number of nitro benzene ring substituents is 1. The van der Waals surface area contributed by atoms with Crippen LogP contribution in [-0.2, 0) is 9.53 Å². The van der Waals surface area contributed by atoms with Gasteiger partial charge in [-0.05, 0) is 43.3 Å². The summed E-state index contributed by atoms with van der Waals surface area (Å²) in [5.74, 6) is -1.40. The van der Waals surface area contributed by atoms with E-state index in [1.54, 1.807) is 24.3 Å². The van der Waals surface area contributed by atoms with Crippen LogP contribution < -0.4 is 10.1 Å². The van der Waals surface area contributed by atoms with Gasteiger partial charge in [0.1, 0.15) is 0 Å². The molecule has 2 aromatic carbocycles. The van der Waals surface area contributed by atoms with Gasteiger partial charge < -0.3 is 14.8 Å². The fourth-order valence-electron chi connectivity index (χ4n) is 2.02. The summed E-state index contributed by atoms with van der Waals surface area (Å²) in [7, 11) is 1.28. The van der Waals surface area contributed by atoms with E-state index in [0.29, 0.717) is 10.7 Å². The second-order valence-electron chi connectivity index (χ2n) is 5.19. The summed E-state index contributed by atoms with van der Waals surface area (Å²) in [4.78, 5) is 34.6. The molecule has 2 aromatic rings. The van der Waals surface area contributed by atoms with E-state index in [1.165, 1.54) is 26.2 Å². The number of ether oxygens (including phenoxy) is 2. The number of amides is 1. The average Bonchev–Trinajstić information content (AvgIpc) is 2.62. The van der Waals surface area contributed by atoms with E-state index in [2.05, 4.69) is 5.32 Å². The Hall–Kier alpha value is -3.13. The number of nitrogens with one attached hydrogen (secondary N) is 1. The molecule has 0 aliphatic rings. The Morgan fingerprint density at radius 2 is 1.85 bits per heavy atom. The zero-order chi connectivity index (χ0) is 19.3. The van der Waals surface area contributed by atoms with Gasteiger partial charge in [-0.2, -0.15) is 0 Å². The molecule has 1 amide bonds. The Morgan fingerprint density at radius 1 is 1.19 bits per heavy atom. The molecule has 0 fully saturated rings. The highest BCUT2D eigenvalue weighted by atomic mass is 35.5. The highest BCUT2D eigenvalue weighted by molar-refractivity contribution is 6.30. The zero-order valence-electron chi connectivity index (χ0n) is 13.9. The van der Waals surface area contributed by atoms with Crippen LogP contribution in [0.3, 0.4) is 0 Å². The van der Waals surface area contributed by atoms with Gasteiger partial charge in [0.25, 0.3) is 5.91 Å². The predicted molar refractivity (Wildman–Crippen MR) is 94.6 cm³/mol. The molecule has 0 spiro atoms. The standard InChI is InChI=1S/C17H15ClN2O6/c1-10(16(21)19-13-6-4-12(18)5-7-13)26-17(22)11-3-8-15(25-2)14(9-11)20(23)24/h3-10H,1-2H3,(H,19,21). The second-order valence-corrected chi connectivity index (χ2v) is 5.62. The van der Waals surface area contributed by atoms with Gasteiger partial charge >= 0.3 is 11.7 Å². The van der Waals surface area contributed by atoms with Gasteiger partial charge in [-0.15, -0.1) is 0 Å². The molecule has 0 heterocycles. The Balaban J connectivity index is 2.06. The summed E-state index contributed by atoms with van der Waals surface area (Å²) in [5.41, 5.74) is 0.0475. The van der Waals surface area contributed by atoms with Crippen molar-refractivity contribution in [1.29, 1.82) is 0 Å². The quantitative estimate of drug-likeness (QED) is 0.468. The number of carbonyl (C=O) groups is 2. The number of benzene rings is 2. The Kier molecular flexibility index (Phi) is 6.13. The van der Waals surface area contributed by atoms with Crippen molar-refractivity contribution in [3.05, 3.63) is 63.2 Å². The third-order valence-corrected chi connectivity index (χ3v) is 3.63. The van der Waals surface area contributed by atoms with Gasteiger partial charge in [-0.25, -0.2) is 4.79 Å². The Bertz CT molecular complexity index is 838. The molecule has 8 nitrogen and oxygen atoms in total. The SMILES string of the molecule is COc1ccc(C(=O)OC(C)C(=O)Nc2ccc(Cl)cc2)cc1[N+](=O)[O-]. The van der Waals surface area contributed by atoms with Crippen LogP contribution in [0, 0.1) is 10.1 Å². The molecular formula is C17H15ClN2O6. The van der Waals surface area contributed by atoms with Crippen LogP contribution in [0.15, 0.2) is 42.5 Å². The minimum absolute atomic E-state index is 0.0140. The number of anilines is 1. The van der Waals surface area contributed by atoms with Gasteiger partial charge in [0.2, 0.25) is 0 Å². The molecule has 0 aliphatic carbocycles. The first-order valence-corrected chi connectivity index (χ1v) is 7.79. The molecule has 26 heavy (non-hydrogen) atoms. The van der Waals surface area contributed by atoms with Crippen LogP contribution in [0.25, 0.3) is 0 Å². The summed E-state index contributed by atoms with van der Waals surface area (Å²) in [6.07, 6.45) is -1.11. The lowest BCUT2D eigenvalue weighted by Gasteiger charge is -2.14. The van der Waals surface area contributed by atoms with E-state index in [0.717, 1.165) is 6.07 Å². The van der Waals surface area contributed by atoms with Crippen LogP contribution in [0.1, 0.15) is 17.3 Å². The third-order valence-electron chi connectivity index (χ3n) is 3.38. The second kappa shape index (κ2) is 8.30. The van der Waals surface area contributed by atoms with E-state index in [9.17, 15) is 19.7 Å². The molecule has 0 bridgehead atoms. The van der Waals surface area contributed by atoms with E-state index in [-0.39, 0.29) is 17.0 Å². The van der Waals surface area contributed by atoms with Crippen molar-refractivity contribution in [2.75, 3.05) is 12.4 Å². The van der Waals surface area contributed by atoms with Crippen molar-refractivity contribution in [2.24, 2.45) is 0 Å². The zero-order valence-corrected chi connectivity index (χ0v) is 14.6. The van der Waals surface area contributed by atoms with Gasteiger partial charge in [-0.3, -0.25) is 14.9 Å². The van der Waals surface area contributed by atoms with Gasteiger partial charge in [0.05, 0.1) is 17.6 Å². The van der Waals surface area contributed by atoms with Crippen molar-refractivity contribution in [3.63, 3.8) is 0 Å². The highest BCUT2D eigenvalue weighted by Gasteiger charge is 2.22. The number of nitrogens with zero attached hydrogens (tertiary/aromatic N) is 1. The molecule has 0 aromatic heterocycles. The van der Waals surface area contributed by atoms with Crippen LogP contribution in [0.4, 0.5) is 11.4 Å². The Labute approximate surface area is 153 Å². The molecule has 1 atom stereocenters. The van der Waals surface area contributed by atoms with Crippen LogP contribution in [0.5, 0.6) is 5.75 Å². The van der Waals surface area contributed by atoms with Crippen LogP contribution in [-0.4, -0.2) is 30.0 Å². The summed E-state index contributed by atoms with van der Waals surface area (Å²) in [6.45, 7) is 1.39. The van der Waals surface area contributed by atoms with Crippen molar-refractivity contribution in [1.82, 2.24) is 0 Å². The molecule has 136 valence electrons. The average molecular weight is 379 g/mol. The first-order valence-electron chi connectivity index (χ1n) is 7.41. The largest absolute Gasteiger partial charge is 0.490 e. The lowest BCUT2D eigenvalue weighted by Crippen LogP contribution is -2.30. The highest BCUT2D eigenvalue weighted by Crippen LogP contribution is 2.28. The predicted octanol–water partition coefficient (Wildman–Crippen LogP) is 3.44. The number of esters is 1. The molecule has 2 rings (SSSR count). The number of rotatable bonds is 6. The number of halogens is 1. The maximum absolute atomic E-state index is 12.1. The maximum atomic E-state index is 12.1. The van der Waals surface area contributed by atoms with Gasteiger partial charge in [0, 0.05) is 16.8 Å². The first kappa shape index (κ1) is 19.2. The molecule has 0 radical (unpaired) electrons.